The molecule has 0 atom stereocenters. The quantitative estimate of drug-likeness (QED) is 0.809. The van der Waals surface area contributed by atoms with Crippen molar-refractivity contribution in [2.24, 2.45) is 0 Å². The molecular formula is C16H22N6O2. The predicted molar refractivity (Wildman–Crippen MR) is 88.7 cm³/mol. The minimum absolute atomic E-state index is 0.0594. The number of carbonyl (C=O) groups excluding carboxylic acids is 1. The Labute approximate surface area is 140 Å². The molecule has 1 saturated heterocycles. The Balaban J connectivity index is 1.51. The van der Waals surface area contributed by atoms with Crippen LogP contribution in [0.25, 0.3) is 11.0 Å². The fraction of sp³-hybridized carbons (Fsp3) is 0.625. The van der Waals surface area contributed by atoms with Crippen molar-refractivity contribution in [3.8, 4) is 0 Å². The van der Waals surface area contributed by atoms with E-state index in [1.54, 1.807) is 17.2 Å². The second-order valence-electron chi connectivity index (χ2n) is 6.52. The van der Waals surface area contributed by atoms with Crippen molar-refractivity contribution in [3.63, 3.8) is 0 Å². The van der Waals surface area contributed by atoms with E-state index in [4.69, 9.17) is 4.74 Å². The van der Waals surface area contributed by atoms with Crippen molar-refractivity contribution >= 4 is 22.8 Å². The molecule has 4 rings (SSSR count). The van der Waals surface area contributed by atoms with E-state index in [1.165, 1.54) is 20.0 Å². The van der Waals surface area contributed by atoms with Gasteiger partial charge in [-0.2, -0.15) is 5.10 Å². The highest BCUT2D eigenvalue weighted by Gasteiger charge is 2.28. The molecule has 0 amide bonds. The maximum absolute atomic E-state index is 11.5. The Kier molecular flexibility index (Phi) is 4.05. The summed E-state index contributed by atoms with van der Waals surface area (Å²) in [6.45, 7) is 2.00. The van der Waals surface area contributed by atoms with E-state index in [2.05, 4.69) is 25.3 Å². The number of fused-ring (bicyclic) bond motifs is 1. The van der Waals surface area contributed by atoms with Gasteiger partial charge in [0.2, 0.25) is 0 Å². The van der Waals surface area contributed by atoms with Crippen LogP contribution in [0, 0.1) is 0 Å². The molecule has 1 N–H and O–H groups in total. The number of carbonyl (C=O) groups is 1. The number of nitrogens with one attached hydrogen (secondary N) is 1. The Morgan fingerprint density at radius 3 is 2.71 bits per heavy atom. The summed E-state index contributed by atoms with van der Waals surface area (Å²) in [4.78, 5) is 22.5. The third kappa shape index (κ3) is 3.06. The maximum atomic E-state index is 11.5. The highest BCUT2D eigenvalue weighted by Crippen LogP contribution is 2.27. The van der Waals surface area contributed by atoms with Gasteiger partial charge in [-0.3, -0.25) is 4.79 Å². The normalized spacial score (nSPS) is 19.0. The molecule has 1 aliphatic heterocycles. The van der Waals surface area contributed by atoms with Gasteiger partial charge < -0.3 is 15.0 Å². The number of rotatable bonds is 5. The van der Waals surface area contributed by atoms with E-state index >= 15 is 0 Å². The van der Waals surface area contributed by atoms with Crippen molar-refractivity contribution in [1.29, 1.82) is 0 Å². The van der Waals surface area contributed by atoms with E-state index in [9.17, 15) is 4.79 Å². The number of methoxy groups -OCH3 is 1. The monoisotopic (exact) mass is 330 g/mol. The van der Waals surface area contributed by atoms with Crippen LogP contribution in [0.1, 0.15) is 25.7 Å². The van der Waals surface area contributed by atoms with Gasteiger partial charge in [-0.05, 0) is 25.7 Å². The molecule has 1 saturated carbocycles. The maximum Gasteiger partial charge on any atom is 0.327 e. The first-order valence-corrected chi connectivity index (χ1v) is 8.49. The number of ether oxygens (including phenoxy) is 1. The van der Waals surface area contributed by atoms with Gasteiger partial charge >= 0.3 is 5.97 Å². The predicted octanol–water partition coefficient (Wildman–Crippen LogP) is 0.720. The summed E-state index contributed by atoms with van der Waals surface area (Å²) < 4.78 is 6.27. The standard InChI is InChI=1S/C16H22N6O2/c1-24-14(23)9-22-16-13(8-19-22)15(17-10-18-16)21-6-4-12(5-7-21)20-11-2-3-11/h8,10-12,20H,2-7,9H2,1H3. The second kappa shape index (κ2) is 6.35. The second-order valence-corrected chi connectivity index (χ2v) is 6.52. The molecule has 0 aromatic carbocycles. The van der Waals surface area contributed by atoms with Crippen LogP contribution in [-0.4, -0.2) is 58.0 Å². The molecule has 8 heteroatoms. The van der Waals surface area contributed by atoms with Gasteiger partial charge in [0.05, 0.1) is 18.7 Å². The van der Waals surface area contributed by atoms with E-state index in [0.717, 1.165) is 43.2 Å². The Bertz CT molecular complexity index is 733. The lowest BCUT2D eigenvalue weighted by Crippen LogP contribution is -2.43. The molecule has 0 spiro atoms. The zero-order chi connectivity index (χ0) is 16.5. The first-order valence-electron chi connectivity index (χ1n) is 8.49. The van der Waals surface area contributed by atoms with Crippen LogP contribution in [-0.2, 0) is 16.1 Å². The zero-order valence-corrected chi connectivity index (χ0v) is 13.8. The molecule has 128 valence electrons. The van der Waals surface area contributed by atoms with Gasteiger partial charge in [0.15, 0.2) is 5.65 Å². The molecule has 0 radical (unpaired) electrons. The summed E-state index contributed by atoms with van der Waals surface area (Å²) in [5, 5.41) is 8.87. The molecule has 8 nitrogen and oxygen atoms in total. The smallest absolute Gasteiger partial charge is 0.327 e. The lowest BCUT2D eigenvalue weighted by atomic mass is 10.0. The van der Waals surface area contributed by atoms with Crippen LogP contribution in [0.2, 0.25) is 0 Å². The third-order valence-corrected chi connectivity index (χ3v) is 4.76. The zero-order valence-electron chi connectivity index (χ0n) is 13.8. The number of esters is 1. The van der Waals surface area contributed by atoms with Crippen molar-refractivity contribution in [2.75, 3.05) is 25.1 Å². The fourth-order valence-corrected chi connectivity index (χ4v) is 3.28. The van der Waals surface area contributed by atoms with Crippen molar-refractivity contribution in [3.05, 3.63) is 12.5 Å². The third-order valence-electron chi connectivity index (χ3n) is 4.76. The summed E-state index contributed by atoms with van der Waals surface area (Å²) in [6.07, 6.45) is 8.18. The summed E-state index contributed by atoms with van der Waals surface area (Å²) in [5.74, 6) is 0.563. The average molecular weight is 330 g/mol. The lowest BCUT2D eigenvalue weighted by molar-refractivity contribution is -0.141. The molecular weight excluding hydrogens is 308 g/mol. The highest BCUT2D eigenvalue weighted by molar-refractivity contribution is 5.87. The van der Waals surface area contributed by atoms with Crippen LogP contribution < -0.4 is 10.2 Å². The van der Waals surface area contributed by atoms with Crippen molar-refractivity contribution in [1.82, 2.24) is 25.1 Å². The number of hydrogen-bond donors (Lipinski definition) is 1. The number of aromatic nitrogens is 4. The van der Waals surface area contributed by atoms with Gasteiger partial charge in [-0.1, -0.05) is 0 Å². The van der Waals surface area contributed by atoms with Gasteiger partial charge in [0, 0.05) is 25.2 Å². The van der Waals surface area contributed by atoms with Gasteiger partial charge in [0.25, 0.3) is 0 Å². The van der Waals surface area contributed by atoms with E-state index in [-0.39, 0.29) is 12.5 Å². The molecule has 2 aromatic heterocycles. The van der Waals surface area contributed by atoms with Crippen LogP contribution in [0.3, 0.4) is 0 Å². The lowest BCUT2D eigenvalue weighted by Gasteiger charge is -2.33. The number of hydrogen-bond acceptors (Lipinski definition) is 7. The SMILES string of the molecule is COC(=O)Cn1ncc2c(N3CCC(NC4CC4)CC3)ncnc21. The van der Waals surface area contributed by atoms with Crippen molar-refractivity contribution in [2.45, 2.75) is 44.3 Å². The fourth-order valence-electron chi connectivity index (χ4n) is 3.28. The minimum atomic E-state index is -0.341. The van der Waals surface area contributed by atoms with E-state index in [1.807, 2.05) is 0 Å². The number of piperidine rings is 1. The summed E-state index contributed by atoms with van der Waals surface area (Å²) in [5.41, 5.74) is 0.670. The first kappa shape index (κ1) is 15.3. The van der Waals surface area contributed by atoms with Crippen LogP contribution in [0.15, 0.2) is 12.5 Å². The van der Waals surface area contributed by atoms with Crippen molar-refractivity contribution < 1.29 is 9.53 Å². The van der Waals surface area contributed by atoms with Crippen LogP contribution in [0.5, 0.6) is 0 Å². The molecule has 24 heavy (non-hydrogen) atoms. The Hall–Kier alpha value is -2.22. The highest BCUT2D eigenvalue weighted by atomic mass is 16.5. The van der Waals surface area contributed by atoms with E-state index < -0.39 is 0 Å². The molecule has 2 fully saturated rings. The van der Waals surface area contributed by atoms with Gasteiger partial charge in [-0.15, -0.1) is 0 Å². The van der Waals surface area contributed by atoms with Gasteiger partial charge in [0.1, 0.15) is 18.7 Å². The summed E-state index contributed by atoms with van der Waals surface area (Å²) >= 11 is 0. The molecule has 2 aliphatic rings. The van der Waals surface area contributed by atoms with Gasteiger partial charge in [-0.25, -0.2) is 14.6 Å². The molecule has 1 aliphatic carbocycles. The molecule has 3 heterocycles. The molecule has 0 bridgehead atoms. The minimum Gasteiger partial charge on any atom is -0.468 e. The largest absolute Gasteiger partial charge is 0.468 e. The summed E-state index contributed by atoms with van der Waals surface area (Å²) in [7, 11) is 1.37. The van der Waals surface area contributed by atoms with E-state index in [0.29, 0.717) is 11.7 Å². The summed E-state index contributed by atoms with van der Waals surface area (Å²) in [6, 6.07) is 1.37. The topological polar surface area (TPSA) is 85.2 Å². The number of nitrogens with zero attached hydrogens (tertiary/aromatic N) is 5. The Morgan fingerprint density at radius 1 is 1.25 bits per heavy atom. The first-order chi connectivity index (χ1) is 11.7. The molecule has 0 unspecified atom stereocenters. The molecule has 2 aromatic rings. The van der Waals surface area contributed by atoms with Crippen LogP contribution >= 0.6 is 0 Å². The Morgan fingerprint density at radius 2 is 2.00 bits per heavy atom. The van der Waals surface area contributed by atoms with Crippen LogP contribution in [0.4, 0.5) is 5.82 Å². The average Bonchev–Trinajstić information content (AvgIpc) is 3.34. The number of anilines is 1.